The lowest BCUT2D eigenvalue weighted by Gasteiger charge is -2.16. The van der Waals surface area contributed by atoms with Crippen molar-refractivity contribution in [3.63, 3.8) is 0 Å². The quantitative estimate of drug-likeness (QED) is 0.813. The van der Waals surface area contributed by atoms with Gasteiger partial charge >= 0.3 is 0 Å². The maximum absolute atomic E-state index is 13.5. The smallest absolute Gasteiger partial charge is 0.131 e. The van der Waals surface area contributed by atoms with Crippen LogP contribution in [-0.4, -0.2) is 0 Å². The van der Waals surface area contributed by atoms with E-state index in [0.29, 0.717) is 0 Å². The maximum atomic E-state index is 13.5. The summed E-state index contributed by atoms with van der Waals surface area (Å²) in [5.41, 5.74) is 0.403. The molecule has 0 bridgehead atoms. The molecule has 0 amide bonds. The Morgan fingerprint density at radius 3 is 2.05 bits per heavy atom. The topological polar surface area (TPSA) is 12.0 Å². The Balaban J connectivity index is 2.22. The van der Waals surface area contributed by atoms with Crippen molar-refractivity contribution in [2.24, 2.45) is 0 Å². The fourth-order valence-electron chi connectivity index (χ4n) is 1.82. The predicted octanol–water partition coefficient (Wildman–Crippen LogP) is 4.42. The average molecular weight is 269 g/mol. The summed E-state index contributed by atoms with van der Waals surface area (Å²) in [6, 6.07) is 5.57. The van der Waals surface area contributed by atoms with E-state index in [4.69, 9.17) is 0 Å². The zero-order valence-electron chi connectivity index (χ0n) is 10.1. The Morgan fingerprint density at radius 2 is 1.47 bits per heavy atom. The molecule has 1 unspecified atom stereocenters. The fourth-order valence-corrected chi connectivity index (χ4v) is 1.82. The highest BCUT2D eigenvalue weighted by Crippen LogP contribution is 2.23. The van der Waals surface area contributed by atoms with Crippen molar-refractivity contribution in [1.82, 2.24) is 0 Å². The summed E-state index contributed by atoms with van der Waals surface area (Å²) >= 11 is 0. The van der Waals surface area contributed by atoms with Gasteiger partial charge in [-0.25, -0.2) is 17.6 Å². The molecule has 1 nitrogen and oxygen atoms in total. The van der Waals surface area contributed by atoms with Crippen LogP contribution >= 0.6 is 0 Å². The van der Waals surface area contributed by atoms with Gasteiger partial charge in [0, 0.05) is 23.4 Å². The molecule has 1 atom stereocenters. The molecule has 2 rings (SSSR count). The number of hydrogen-bond acceptors (Lipinski definition) is 1. The van der Waals surface area contributed by atoms with Gasteiger partial charge in [0.2, 0.25) is 0 Å². The minimum atomic E-state index is -0.728. The lowest BCUT2D eigenvalue weighted by molar-refractivity contribution is 0.565. The molecule has 0 saturated heterocycles. The third-order valence-corrected chi connectivity index (χ3v) is 2.67. The van der Waals surface area contributed by atoms with Gasteiger partial charge in [-0.05, 0) is 25.1 Å². The van der Waals surface area contributed by atoms with E-state index >= 15 is 0 Å². The summed E-state index contributed by atoms with van der Waals surface area (Å²) < 4.78 is 52.3. The van der Waals surface area contributed by atoms with Gasteiger partial charge in [-0.3, -0.25) is 0 Å². The molecule has 0 heterocycles. The van der Waals surface area contributed by atoms with Gasteiger partial charge in [-0.15, -0.1) is 0 Å². The molecule has 0 aliphatic carbocycles. The maximum Gasteiger partial charge on any atom is 0.131 e. The molecule has 100 valence electrons. The summed E-state index contributed by atoms with van der Waals surface area (Å²) in [5.74, 6) is -2.84. The standard InChI is InChI=1S/C14H11F4N/c1-8(13-3-2-9(15)7-14(13)18)19-12-5-10(16)4-11(17)6-12/h2-8,19H,1H3. The van der Waals surface area contributed by atoms with Crippen molar-refractivity contribution in [3.8, 4) is 0 Å². The molecule has 0 aliphatic rings. The molecule has 0 radical (unpaired) electrons. The van der Waals surface area contributed by atoms with Crippen molar-refractivity contribution < 1.29 is 17.6 Å². The number of hydrogen-bond donors (Lipinski definition) is 1. The van der Waals surface area contributed by atoms with E-state index in [1.54, 1.807) is 6.92 Å². The van der Waals surface area contributed by atoms with Gasteiger partial charge < -0.3 is 5.32 Å². The van der Waals surface area contributed by atoms with E-state index in [-0.39, 0.29) is 11.3 Å². The number of halogens is 4. The molecule has 0 spiro atoms. The predicted molar refractivity (Wildman–Crippen MR) is 64.8 cm³/mol. The third kappa shape index (κ3) is 3.24. The van der Waals surface area contributed by atoms with Crippen LogP contribution in [0.5, 0.6) is 0 Å². The molecule has 0 saturated carbocycles. The second-order valence-electron chi connectivity index (χ2n) is 4.19. The first-order chi connectivity index (χ1) is 8.95. The molecule has 1 N–H and O–H groups in total. The molecule has 5 heteroatoms. The average Bonchev–Trinajstić information content (AvgIpc) is 2.26. The van der Waals surface area contributed by atoms with Gasteiger partial charge in [0.05, 0.1) is 6.04 Å². The number of benzene rings is 2. The van der Waals surface area contributed by atoms with E-state index < -0.39 is 29.3 Å². The van der Waals surface area contributed by atoms with Crippen LogP contribution in [0.4, 0.5) is 23.2 Å². The second kappa shape index (κ2) is 5.30. The van der Waals surface area contributed by atoms with Gasteiger partial charge in [0.1, 0.15) is 23.3 Å². The van der Waals surface area contributed by atoms with Gasteiger partial charge in [0.25, 0.3) is 0 Å². The first-order valence-corrected chi connectivity index (χ1v) is 5.63. The van der Waals surface area contributed by atoms with Crippen LogP contribution in [0.2, 0.25) is 0 Å². The molecule has 2 aromatic rings. The van der Waals surface area contributed by atoms with Crippen LogP contribution in [0, 0.1) is 23.3 Å². The normalized spacial score (nSPS) is 12.3. The first-order valence-electron chi connectivity index (χ1n) is 5.63. The highest BCUT2D eigenvalue weighted by atomic mass is 19.1. The summed E-state index contributed by atoms with van der Waals surface area (Å²) in [6.45, 7) is 1.61. The van der Waals surface area contributed by atoms with E-state index in [1.165, 1.54) is 6.07 Å². The Hall–Kier alpha value is -2.04. The van der Waals surface area contributed by atoms with Crippen molar-refractivity contribution in [2.75, 3.05) is 5.32 Å². The Labute approximate surface area is 107 Å². The molecule has 0 fully saturated rings. The summed E-state index contributed by atoms with van der Waals surface area (Å²) in [7, 11) is 0. The van der Waals surface area contributed by atoms with Crippen LogP contribution in [0.15, 0.2) is 36.4 Å². The van der Waals surface area contributed by atoms with Crippen molar-refractivity contribution in [2.45, 2.75) is 13.0 Å². The highest BCUT2D eigenvalue weighted by Gasteiger charge is 2.12. The molecule has 0 aliphatic heterocycles. The summed E-state index contributed by atoms with van der Waals surface area (Å²) in [6.07, 6.45) is 0. The number of anilines is 1. The monoisotopic (exact) mass is 269 g/mol. The Morgan fingerprint density at radius 1 is 0.842 bits per heavy atom. The largest absolute Gasteiger partial charge is 0.378 e. The van der Waals surface area contributed by atoms with E-state index in [9.17, 15) is 17.6 Å². The number of rotatable bonds is 3. The molecular weight excluding hydrogens is 258 g/mol. The molecule has 2 aromatic carbocycles. The van der Waals surface area contributed by atoms with Crippen molar-refractivity contribution >= 4 is 5.69 Å². The highest BCUT2D eigenvalue weighted by molar-refractivity contribution is 5.46. The fraction of sp³-hybridized carbons (Fsp3) is 0.143. The van der Waals surface area contributed by atoms with E-state index in [0.717, 1.165) is 30.3 Å². The molecular formula is C14H11F4N. The van der Waals surface area contributed by atoms with Crippen LogP contribution < -0.4 is 5.32 Å². The van der Waals surface area contributed by atoms with Gasteiger partial charge in [-0.2, -0.15) is 0 Å². The van der Waals surface area contributed by atoms with Crippen molar-refractivity contribution in [1.29, 1.82) is 0 Å². The van der Waals surface area contributed by atoms with Crippen LogP contribution in [0.25, 0.3) is 0 Å². The Kier molecular flexibility index (Phi) is 3.74. The third-order valence-electron chi connectivity index (χ3n) is 2.67. The summed E-state index contributed by atoms with van der Waals surface area (Å²) in [5, 5.41) is 2.76. The molecule has 19 heavy (non-hydrogen) atoms. The zero-order valence-corrected chi connectivity index (χ0v) is 10.1. The van der Waals surface area contributed by atoms with E-state index in [2.05, 4.69) is 5.32 Å². The SMILES string of the molecule is CC(Nc1cc(F)cc(F)c1)c1ccc(F)cc1F. The summed E-state index contributed by atoms with van der Waals surface area (Å²) in [4.78, 5) is 0. The van der Waals surface area contributed by atoms with Crippen molar-refractivity contribution in [3.05, 3.63) is 65.2 Å². The van der Waals surface area contributed by atoms with Crippen LogP contribution in [-0.2, 0) is 0 Å². The lowest BCUT2D eigenvalue weighted by Crippen LogP contribution is -2.09. The minimum Gasteiger partial charge on any atom is -0.378 e. The zero-order chi connectivity index (χ0) is 14.0. The lowest BCUT2D eigenvalue weighted by atomic mass is 10.1. The minimum absolute atomic E-state index is 0.189. The van der Waals surface area contributed by atoms with Gasteiger partial charge in [-0.1, -0.05) is 6.07 Å². The Bertz CT molecular complexity index is 578. The number of nitrogens with one attached hydrogen (secondary N) is 1. The van der Waals surface area contributed by atoms with Gasteiger partial charge in [0.15, 0.2) is 0 Å². The second-order valence-corrected chi connectivity index (χ2v) is 4.19. The van der Waals surface area contributed by atoms with Crippen LogP contribution in [0.1, 0.15) is 18.5 Å². The van der Waals surface area contributed by atoms with E-state index in [1.807, 2.05) is 0 Å². The van der Waals surface area contributed by atoms with Crippen LogP contribution in [0.3, 0.4) is 0 Å². The molecule has 0 aromatic heterocycles. The first kappa shape index (κ1) is 13.4.